The Hall–Kier alpha value is -1.50. The van der Waals surface area contributed by atoms with Crippen LogP contribution in [0, 0.1) is 0 Å². The molecule has 0 bridgehead atoms. The van der Waals surface area contributed by atoms with Crippen molar-refractivity contribution in [1.82, 2.24) is 0 Å². The van der Waals surface area contributed by atoms with Crippen LogP contribution in [0.1, 0.15) is 76.7 Å². The maximum atomic E-state index is 10.4. The van der Waals surface area contributed by atoms with Gasteiger partial charge >= 0.3 is 0 Å². The Bertz CT molecular complexity index is 573. The highest BCUT2D eigenvalue weighted by Crippen LogP contribution is 2.29. The van der Waals surface area contributed by atoms with Gasteiger partial charge in [0.05, 0.1) is 0 Å². The van der Waals surface area contributed by atoms with Crippen LogP contribution in [0.4, 0.5) is 0 Å². The topological polar surface area (TPSA) is 20.2 Å². The molecule has 0 saturated carbocycles. The van der Waals surface area contributed by atoms with Gasteiger partial charge in [0.15, 0.2) is 0 Å². The van der Waals surface area contributed by atoms with Gasteiger partial charge in [-0.1, -0.05) is 101 Å². The van der Waals surface area contributed by atoms with Gasteiger partial charge in [0.1, 0.15) is 5.75 Å². The maximum Gasteiger partial charge on any atom is 0.126 e. The fourth-order valence-electron chi connectivity index (χ4n) is 3.30. The zero-order valence-corrected chi connectivity index (χ0v) is 14.7. The van der Waals surface area contributed by atoms with Crippen LogP contribution < -0.4 is 0 Å². The van der Waals surface area contributed by atoms with Gasteiger partial charge < -0.3 is 5.11 Å². The number of phenolic OH excluding ortho intramolecular Hbond substituents is 1. The molecule has 0 saturated heterocycles. The van der Waals surface area contributed by atoms with Crippen LogP contribution in [0.25, 0.3) is 10.8 Å². The summed E-state index contributed by atoms with van der Waals surface area (Å²) in [4.78, 5) is 0. The first-order valence-corrected chi connectivity index (χ1v) is 9.52. The number of aromatic hydroxyl groups is 1. The minimum absolute atomic E-state index is 0.485. The molecule has 2 rings (SSSR count). The van der Waals surface area contributed by atoms with Crippen LogP contribution in [-0.4, -0.2) is 5.11 Å². The lowest BCUT2D eigenvalue weighted by Crippen LogP contribution is -1.88. The van der Waals surface area contributed by atoms with E-state index in [1.807, 2.05) is 18.2 Å². The molecule has 1 heteroatoms. The third-order valence-corrected chi connectivity index (χ3v) is 4.78. The van der Waals surface area contributed by atoms with Gasteiger partial charge in [-0.25, -0.2) is 0 Å². The number of unbranched alkanes of at least 4 members (excludes halogenated alkanes) is 9. The molecule has 0 amide bonds. The van der Waals surface area contributed by atoms with Crippen molar-refractivity contribution < 1.29 is 5.11 Å². The summed E-state index contributed by atoms with van der Waals surface area (Å²) in [6, 6.07) is 12.3. The first-order chi connectivity index (χ1) is 11.3. The average Bonchev–Trinajstić information content (AvgIpc) is 2.58. The van der Waals surface area contributed by atoms with E-state index in [0.717, 1.165) is 22.8 Å². The van der Waals surface area contributed by atoms with Gasteiger partial charge in [0.2, 0.25) is 0 Å². The molecule has 0 spiro atoms. The summed E-state index contributed by atoms with van der Waals surface area (Å²) in [5.41, 5.74) is 1.10. The van der Waals surface area contributed by atoms with E-state index in [2.05, 4.69) is 25.1 Å². The minimum Gasteiger partial charge on any atom is -0.507 e. The van der Waals surface area contributed by atoms with Gasteiger partial charge in [0.25, 0.3) is 0 Å². The molecule has 2 aromatic rings. The minimum atomic E-state index is 0.485. The number of fused-ring (bicyclic) bond motifs is 1. The van der Waals surface area contributed by atoms with Gasteiger partial charge in [-0.2, -0.15) is 0 Å². The molecule has 1 N–H and O–H groups in total. The Morgan fingerprint density at radius 3 is 2.00 bits per heavy atom. The Morgan fingerprint density at radius 2 is 1.30 bits per heavy atom. The average molecular weight is 312 g/mol. The van der Waals surface area contributed by atoms with Crippen LogP contribution in [0.5, 0.6) is 5.75 Å². The number of benzene rings is 2. The first-order valence-electron chi connectivity index (χ1n) is 9.52. The van der Waals surface area contributed by atoms with Crippen molar-refractivity contribution in [1.29, 1.82) is 0 Å². The number of hydrogen-bond acceptors (Lipinski definition) is 1. The quantitative estimate of drug-likeness (QED) is 0.442. The van der Waals surface area contributed by atoms with Crippen LogP contribution in [0.15, 0.2) is 36.4 Å². The molecule has 2 aromatic carbocycles. The van der Waals surface area contributed by atoms with Crippen LogP contribution in [0.3, 0.4) is 0 Å². The van der Waals surface area contributed by atoms with E-state index < -0.39 is 0 Å². The van der Waals surface area contributed by atoms with E-state index in [1.54, 1.807) is 0 Å². The van der Waals surface area contributed by atoms with E-state index in [4.69, 9.17) is 0 Å². The van der Waals surface area contributed by atoms with E-state index in [1.165, 1.54) is 64.2 Å². The standard InChI is InChI=1S/C22H32O/c1-2-3-4-5-6-7-8-9-10-11-15-20-18-17-19-14-12-13-16-21(19)22(20)23/h12-14,16-18,23H,2-11,15H2,1H3. The molecule has 0 aromatic heterocycles. The van der Waals surface area contributed by atoms with Gasteiger partial charge in [-0.05, 0) is 23.8 Å². The summed E-state index contributed by atoms with van der Waals surface area (Å²) < 4.78 is 0. The van der Waals surface area contributed by atoms with Crippen molar-refractivity contribution in [3.63, 3.8) is 0 Å². The summed E-state index contributed by atoms with van der Waals surface area (Å²) in [6.07, 6.45) is 14.5. The van der Waals surface area contributed by atoms with Crippen molar-refractivity contribution in [2.45, 2.75) is 77.6 Å². The van der Waals surface area contributed by atoms with Crippen molar-refractivity contribution in [2.75, 3.05) is 0 Å². The second-order valence-electron chi connectivity index (χ2n) is 6.73. The Morgan fingerprint density at radius 1 is 0.696 bits per heavy atom. The summed E-state index contributed by atoms with van der Waals surface area (Å²) in [5, 5.41) is 12.5. The van der Waals surface area contributed by atoms with Crippen LogP contribution in [0.2, 0.25) is 0 Å². The molecule has 1 nitrogen and oxygen atoms in total. The second-order valence-corrected chi connectivity index (χ2v) is 6.73. The number of hydrogen-bond donors (Lipinski definition) is 1. The highest BCUT2D eigenvalue weighted by Gasteiger charge is 2.05. The van der Waals surface area contributed by atoms with E-state index >= 15 is 0 Å². The number of phenols is 1. The molecule has 23 heavy (non-hydrogen) atoms. The summed E-state index contributed by atoms with van der Waals surface area (Å²) >= 11 is 0. The molecule has 0 aliphatic heterocycles. The van der Waals surface area contributed by atoms with E-state index in [9.17, 15) is 5.11 Å². The summed E-state index contributed by atoms with van der Waals surface area (Å²) in [6.45, 7) is 2.27. The molecule has 0 unspecified atom stereocenters. The van der Waals surface area contributed by atoms with Crippen molar-refractivity contribution >= 4 is 10.8 Å². The van der Waals surface area contributed by atoms with Crippen molar-refractivity contribution in [3.05, 3.63) is 42.0 Å². The first kappa shape index (κ1) is 17.8. The molecular formula is C22H32O. The fraction of sp³-hybridized carbons (Fsp3) is 0.545. The lowest BCUT2D eigenvalue weighted by Gasteiger charge is -2.08. The molecule has 0 radical (unpaired) electrons. The van der Waals surface area contributed by atoms with Crippen molar-refractivity contribution in [2.24, 2.45) is 0 Å². The zero-order valence-electron chi connectivity index (χ0n) is 14.7. The third kappa shape index (κ3) is 5.89. The largest absolute Gasteiger partial charge is 0.507 e. The highest BCUT2D eigenvalue weighted by molar-refractivity contribution is 5.89. The Balaban J connectivity index is 1.62. The van der Waals surface area contributed by atoms with Crippen molar-refractivity contribution in [3.8, 4) is 5.75 Å². The molecule has 0 aliphatic rings. The molecule has 0 fully saturated rings. The molecule has 0 heterocycles. The van der Waals surface area contributed by atoms with E-state index in [-0.39, 0.29) is 0 Å². The molecular weight excluding hydrogens is 280 g/mol. The molecule has 0 atom stereocenters. The van der Waals surface area contributed by atoms with Crippen LogP contribution >= 0.6 is 0 Å². The number of rotatable bonds is 11. The lowest BCUT2D eigenvalue weighted by atomic mass is 10.00. The Labute approximate surface area is 141 Å². The summed E-state index contributed by atoms with van der Waals surface area (Å²) in [5.74, 6) is 0.485. The predicted molar refractivity (Wildman–Crippen MR) is 101 cm³/mol. The van der Waals surface area contributed by atoms with E-state index in [0.29, 0.717) is 5.75 Å². The SMILES string of the molecule is CCCCCCCCCCCCc1ccc2ccccc2c1O. The fourth-order valence-corrected chi connectivity index (χ4v) is 3.30. The Kier molecular flexibility index (Phi) is 8.00. The second kappa shape index (κ2) is 10.3. The predicted octanol–water partition coefficient (Wildman–Crippen LogP) is 7.01. The maximum absolute atomic E-state index is 10.4. The monoisotopic (exact) mass is 312 g/mol. The lowest BCUT2D eigenvalue weighted by molar-refractivity contribution is 0.472. The molecule has 126 valence electrons. The smallest absolute Gasteiger partial charge is 0.126 e. The van der Waals surface area contributed by atoms with Crippen LogP contribution in [-0.2, 0) is 6.42 Å². The molecule has 0 aliphatic carbocycles. The van der Waals surface area contributed by atoms with Gasteiger partial charge in [0, 0.05) is 5.39 Å². The summed E-state index contributed by atoms with van der Waals surface area (Å²) in [7, 11) is 0. The highest BCUT2D eigenvalue weighted by atomic mass is 16.3. The zero-order chi connectivity index (χ0) is 16.3. The van der Waals surface area contributed by atoms with Gasteiger partial charge in [-0.3, -0.25) is 0 Å². The third-order valence-electron chi connectivity index (χ3n) is 4.78. The number of aryl methyl sites for hydroxylation is 1. The normalized spacial score (nSPS) is 11.2. The van der Waals surface area contributed by atoms with Gasteiger partial charge in [-0.15, -0.1) is 0 Å².